The first-order valence-corrected chi connectivity index (χ1v) is 6.20. The lowest BCUT2D eigenvalue weighted by molar-refractivity contribution is 0.456. The molecule has 0 aliphatic carbocycles. The third-order valence-electron chi connectivity index (χ3n) is 3.37. The second kappa shape index (κ2) is 4.11. The van der Waals surface area contributed by atoms with Crippen LogP contribution in [0.4, 0.5) is 0 Å². The van der Waals surface area contributed by atoms with E-state index in [1.165, 1.54) is 18.5 Å². The van der Waals surface area contributed by atoms with Crippen LogP contribution in [0.2, 0.25) is 5.02 Å². The van der Waals surface area contributed by atoms with Gasteiger partial charge in [0.15, 0.2) is 0 Å². The Hall–Kier alpha value is -0.990. The fourth-order valence-electron chi connectivity index (χ4n) is 2.48. The molecule has 1 aliphatic heterocycles. The first kappa shape index (κ1) is 10.2. The van der Waals surface area contributed by atoms with Gasteiger partial charge in [0.1, 0.15) is 0 Å². The molecule has 2 N–H and O–H groups in total. The van der Waals surface area contributed by atoms with Gasteiger partial charge >= 0.3 is 0 Å². The summed E-state index contributed by atoms with van der Waals surface area (Å²) in [4.78, 5) is 3.48. The van der Waals surface area contributed by atoms with Crippen LogP contribution in [0.1, 0.15) is 24.5 Å². The number of fused-ring (bicyclic) bond motifs is 1. The molecule has 1 atom stereocenters. The third kappa shape index (κ3) is 1.72. The summed E-state index contributed by atoms with van der Waals surface area (Å²) in [7, 11) is 0. The molecule has 84 valence electrons. The summed E-state index contributed by atoms with van der Waals surface area (Å²) in [6.07, 6.45) is 2.52. The monoisotopic (exact) mass is 234 g/mol. The Bertz CT molecular complexity index is 498. The highest BCUT2D eigenvalue weighted by Crippen LogP contribution is 2.29. The zero-order valence-electron chi connectivity index (χ0n) is 9.09. The Morgan fingerprint density at radius 3 is 3.00 bits per heavy atom. The summed E-state index contributed by atoms with van der Waals surface area (Å²) >= 11 is 6.17. The Balaban J connectivity index is 2.01. The van der Waals surface area contributed by atoms with Crippen LogP contribution in [0.25, 0.3) is 10.9 Å². The molecule has 0 bridgehead atoms. The van der Waals surface area contributed by atoms with Crippen LogP contribution in [0, 0.1) is 0 Å². The Kier molecular flexibility index (Phi) is 2.62. The number of benzene rings is 1. The zero-order chi connectivity index (χ0) is 11.0. The van der Waals surface area contributed by atoms with Crippen molar-refractivity contribution in [2.75, 3.05) is 13.1 Å². The number of piperidine rings is 1. The van der Waals surface area contributed by atoms with Crippen molar-refractivity contribution in [3.05, 3.63) is 35.0 Å². The summed E-state index contributed by atoms with van der Waals surface area (Å²) in [6.45, 7) is 2.22. The van der Waals surface area contributed by atoms with E-state index in [4.69, 9.17) is 11.6 Å². The van der Waals surface area contributed by atoms with Crippen molar-refractivity contribution in [3.63, 3.8) is 0 Å². The molecular weight excluding hydrogens is 220 g/mol. The van der Waals surface area contributed by atoms with Crippen LogP contribution in [0.3, 0.4) is 0 Å². The predicted octanol–water partition coefficient (Wildman–Crippen LogP) is 3.29. The number of rotatable bonds is 1. The van der Waals surface area contributed by atoms with Crippen molar-refractivity contribution in [2.45, 2.75) is 18.8 Å². The second-order valence-electron chi connectivity index (χ2n) is 4.47. The van der Waals surface area contributed by atoms with Crippen molar-refractivity contribution >= 4 is 22.5 Å². The average molecular weight is 235 g/mol. The van der Waals surface area contributed by atoms with Crippen molar-refractivity contribution < 1.29 is 0 Å². The number of aromatic amines is 1. The molecule has 0 saturated carbocycles. The maximum absolute atomic E-state index is 6.17. The van der Waals surface area contributed by atoms with E-state index in [1.807, 2.05) is 12.1 Å². The molecule has 3 heteroatoms. The van der Waals surface area contributed by atoms with E-state index in [2.05, 4.69) is 22.4 Å². The summed E-state index contributed by atoms with van der Waals surface area (Å²) in [5, 5.41) is 5.42. The molecule has 2 nitrogen and oxygen atoms in total. The van der Waals surface area contributed by atoms with Gasteiger partial charge in [0.25, 0.3) is 0 Å². The quantitative estimate of drug-likeness (QED) is 0.779. The first-order chi connectivity index (χ1) is 7.84. The molecule has 1 saturated heterocycles. The predicted molar refractivity (Wildman–Crippen MR) is 68.2 cm³/mol. The van der Waals surface area contributed by atoms with Gasteiger partial charge in [0, 0.05) is 34.1 Å². The zero-order valence-corrected chi connectivity index (χ0v) is 9.85. The molecule has 2 aromatic rings. The standard InChI is InChI=1S/C13H15ClN2/c14-11-4-1-5-12-10(11)7-13(16-12)9-3-2-6-15-8-9/h1,4-5,7,9,15-16H,2-3,6,8H2. The molecule has 1 aliphatic rings. The van der Waals surface area contributed by atoms with Crippen molar-refractivity contribution in [1.29, 1.82) is 0 Å². The van der Waals surface area contributed by atoms with Crippen LogP contribution in [-0.2, 0) is 0 Å². The number of hydrogen-bond donors (Lipinski definition) is 2. The van der Waals surface area contributed by atoms with Gasteiger partial charge in [-0.05, 0) is 37.6 Å². The van der Waals surface area contributed by atoms with Crippen LogP contribution >= 0.6 is 11.6 Å². The van der Waals surface area contributed by atoms with Gasteiger partial charge < -0.3 is 10.3 Å². The van der Waals surface area contributed by atoms with Crippen LogP contribution in [-0.4, -0.2) is 18.1 Å². The smallest absolute Gasteiger partial charge is 0.0499 e. The van der Waals surface area contributed by atoms with Crippen molar-refractivity contribution in [2.24, 2.45) is 0 Å². The van der Waals surface area contributed by atoms with E-state index in [0.717, 1.165) is 29.0 Å². The molecule has 0 amide bonds. The van der Waals surface area contributed by atoms with Gasteiger partial charge in [-0.25, -0.2) is 0 Å². The number of hydrogen-bond acceptors (Lipinski definition) is 1. The number of aromatic nitrogens is 1. The molecular formula is C13H15ClN2. The van der Waals surface area contributed by atoms with E-state index >= 15 is 0 Å². The third-order valence-corrected chi connectivity index (χ3v) is 3.70. The lowest BCUT2D eigenvalue weighted by Gasteiger charge is -2.21. The average Bonchev–Trinajstić information content (AvgIpc) is 2.76. The maximum atomic E-state index is 6.17. The Morgan fingerprint density at radius 1 is 1.31 bits per heavy atom. The maximum Gasteiger partial charge on any atom is 0.0499 e. The highest BCUT2D eigenvalue weighted by molar-refractivity contribution is 6.35. The van der Waals surface area contributed by atoms with E-state index < -0.39 is 0 Å². The van der Waals surface area contributed by atoms with Crippen LogP contribution in [0.5, 0.6) is 0 Å². The molecule has 1 fully saturated rings. The van der Waals surface area contributed by atoms with Gasteiger partial charge in [0.05, 0.1) is 0 Å². The van der Waals surface area contributed by atoms with Crippen LogP contribution in [0.15, 0.2) is 24.3 Å². The SMILES string of the molecule is Clc1cccc2[nH]c(C3CCCNC3)cc12. The fraction of sp³-hybridized carbons (Fsp3) is 0.385. The summed E-state index contributed by atoms with van der Waals surface area (Å²) in [5.41, 5.74) is 2.46. The van der Waals surface area contributed by atoms with Crippen molar-refractivity contribution in [3.8, 4) is 0 Å². The molecule has 1 unspecified atom stereocenters. The normalized spacial score (nSPS) is 21.4. The van der Waals surface area contributed by atoms with Crippen LogP contribution < -0.4 is 5.32 Å². The summed E-state index contributed by atoms with van der Waals surface area (Å²) < 4.78 is 0. The number of nitrogens with one attached hydrogen (secondary N) is 2. The highest BCUT2D eigenvalue weighted by Gasteiger charge is 2.17. The van der Waals surface area contributed by atoms with E-state index in [9.17, 15) is 0 Å². The van der Waals surface area contributed by atoms with E-state index in [0.29, 0.717) is 5.92 Å². The molecule has 1 aromatic carbocycles. The highest BCUT2D eigenvalue weighted by atomic mass is 35.5. The topological polar surface area (TPSA) is 27.8 Å². The Morgan fingerprint density at radius 2 is 2.25 bits per heavy atom. The molecule has 0 radical (unpaired) electrons. The van der Waals surface area contributed by atoms with Gasteiger partial charge in [-0.1, -0.05) is 17.7 Å². The largest absolute Gasteiger partial charge is 0.358 e. The van der Waals surface area contributed by atoms with Crippen molar-refractivity contribution in [1.82, 2.24) is 10.3 Å². The molecule has 3 rings (SSSR count). The van der Waals surface area contributed by atoms with Gasteiger partial charge in [-0.3, -0.25) is 0 Å². The molecule has 1 aromatic heterocycles. The van der Waals surface area contributed by atoms with E-state index in [-0.39, 0.29) is 0 Å². The molecule has 0 spiro atoms. The minimum absolute atomic E-state index is 0.609. The number of halogens is 1. The summed E-state index contributed by atoms with van der Waals surface area (Å²) in [6, 6.07) is 8.22. The Labute approximate surface area is 100.0 Å². The second-order valence-corrected chi connectivity index (χ2v) is 4.88. The summed E-state index contributed by atoms with van der Waals surface area (Å²) in [5.74, 6) is 0.609. The minimum atomic E-state index is 0.609. The van der Waals surface area contributed by atoms with Gasteiger partial charge in [-0.2, -0.15) is 0 Å². The lowest BCUT2D eigenvalue weighted by atomic mass is 9.96. The first-order valence-electron chi connectivity index (χ1n) is 5.82. The molecule has 16 heavy (non-hydrogen) atoms. The van der Waals surface area contributed by atoms with Gasteiger partial charge in [-0.15, -0.1) is 0 Å². The lowest BCUT2D eigenvalue weighted by Crippen LogP contribution is -2.28. The molecule has 2 heterocycles. The fourth-order valence-corrected chi connectivity index (χ4v) is 2.71. The van der Waals surface area contributed by atoms with Gasteiger partial charge in [0.2, 0.25) is 0 Å². The minimum Gasteiger partial charge on any atom is -0.358 e. The van der Waals surface area contributed by atoms with E-state index in [1.54, 1.807) is 0 Å². The number of H-pyrrole nitrogens is 1.